The molecule has 0 aliphatic heterocycles. The van der Waals surface area contributed by atoms with Gasteiger partial charge in [-0.3, -0.25) is 0 Å². The van der Waals surface area contributed by atoms with E-state index in [1.54, 1.807) is 12.1 Å². The highest BCUT2D eigenvalue weighted by Gasteiger charge is 2.12. The van der Waals surface area contributed by atoms with E-state index in [4.69, 9.17) is 9.15 Å². The predicted octanol–water partition coefficient (Wildman–Crippen LogP) is 5.49. The van der Waals surface area contributed by atoms with Crippen molar-refractivity contribution in [3.63, 3.8) is 0 Å². The summed E-state index contributed by atoms with van der Waals surface area (Å²) >= 11 is 0. The number of nitrogens with zero attached hydrogens (tertiary/aromatic N) is 2. The normalized spacial score (nSPS) is 11.5. The van der Waals surface area contributed by atoms with Crippen LogP contribution in [0.5, 0.6) is 5.75 Å². The number of nitrogens with one attached hydrogen (secondary N) is 2. The molecule has 0 atom stereocenters. The Bertz CT molecular complexity index is 1690. The molecule has 0 radical (unpaired) electrons. The van der Waals surface area contributed by atoms with Crippen LogP contribution in [0.3, 0.4) is 0 Å². The third kappa shape index (κ3) is 6.98. The van der Waals surface area contributed by atoms with Gasteiger partial charge in [0, 0.05) is 35.5 Å². The van der Waals surface area contributed by atoms with Crippen LogP contribution >= 0.6 is 0 Å². The average molecular weight is 547 g/mol. The summed E-state index contributed by atoms with van der Waals surface area (Å²) in [5, 5.41) is 6.99. The standard InChI is InChI=1S/C29H27FN4O4S/c1-39(35,36)14-13-31-17-23-9-12-27(38-23)21-7-10-26-24(15-21)29(33-19-32-26)34-22-8-11-28(25(30)16-22)37-18-20-5-3-2-4-6-20/h2-12,15-16,19,31H,13-14,17-18H2,1H3,(H,32,33,34). The van der Waals surface area contributed by atoms with Crippen LogP contribution in [0.4, 0.5) is 15.9 Å². The molecular formula is C29H27FN4O4S. The van der Waals surface area contributed by atoms with Gasteiger partial charge in [0.05, 0.1) is 17.8 Å². The number of benzene rings is 3. The Kier molecular flexibility index (Phi) is 7.85. The summed E-state index contributed by atoms with van der Waals surface area (Å²) in [5.41, 5.74) is 3.01. The molecule has 2 N–H and O–H groups in total. The van der Waals surface area contributed by atoms with Gasteiger partial charge in [0.25, 0.3) is 0 Å². The highest BCUT2D eigenvalue weighted by molar-refractivity contribution is 7.90. The summed E-state index contributed by atoms with van der Waals surface area (Å²) < 4.78 is 48.9. The Morgan fingerprint density at radius 1 is 0.974 bits per heavy atom. The molecule has 200 valence electrons. The largest absolute Gasteiger partial charge is 0.486 e. The van der Waals surface area contributed by atoms with Gasteiger partial charge in [0.1, 0.15) is 40.1 Å². The molecule has 0 aliphatic carbocycles. The lowest BCUT2D eigenvalue weighted by Crippen LogP contribution is -2.21. The van der Waals surface area contributed by atoms with E-state index in [0.29, 0.717) is 41.6 Å². The van der Waals surface area contributed by atoms with Crippen molar-refractivity contribution in [1.29, 1.82) is 0 Å². The average Bonchev–Trinajstić information content (AvgIpc) is 3.40. The summed E-state index contributed by atoms with van der Waals surface area (Å²) in [6.45, 7) is 1.03. The van der Waals surface area contributed by atoms with Crippen molar-refractivity contribution in [2.45, 2.75) is 13.2 Å². The van der Waals surface area contributed by atoms with Gasteiger partial charge in [0.15, 0.2) is 11.6 Å². The molecule has 0 saturated heterocycles. The lowest BCUT2D eigenvalue weighted by molar-refractivity contribution is 0.290. The van der Waals surface area contributed by atoms with E-state index in [2.05, 4.69) is 20.6 Å². The topological polar surface area (TPSA) is 106 Å². The number of fused-ring (bicyclic) bond motifs is 1. The quantitative estimate of drug-likeness (QED) is 0.210. The SMILES string of the molecule is CS(=O)(=O)CCNCc1ccc(-c2ccc3ncnc(Nc4ccc(OCc5ccccc5)c(F)c4)c3c2)o1. The number of hydrogen-bond acceptors (Lipinski definition) is 8. The van der Waals surface area contributed by atoms with Gasteiger partial charge in [-0.1, -0.05) is 30.3 Å². The highest BCUT2D eigenvalue weighted by Crippen LogP contribution is 2.31. The molecule has 0 unspecified atom stereocenters. The van der Waals surface area contributed by atoms with Crippen molar-refractivity contribution in [3.05, 3.63) is 102 Å². The Morgan fingerprint density at radius 3 is 2.62 bits per heavy atom. The van der Waals surface area contributed by atoms with E-state index in [1.165, 1.54) is 18.6 Å². The zero-order valence-electron chi connectivity index (χ0n) is 21.2. The lowest BCUT2D eigenvalue weighted by atomic mass is 10.1. The van der Waals surface area contributed by atoms with Gasteiger partial charge in [-0.25, -0.2) is 22.8 Å². The van der Waals surface area contributed by atoms with E-state index in [-0.39, 0.29) is 18.1 Å². The molecule has 10 heteroatoms. The summed E-state index contributed by atoms with van der Waals surface area (Å²) in [4.78, 5) is 8.72. The predicted molar refractivity (Wildman–Crippen MR) is 149 cm³/mol. The molecule has 3 aromatic carbocycles. The molecule has 8 nitrogen and oxygen atoms in total. The van der Waals surface area contributed by atoms with Crippen LogP contribution < -0.4 is 15.4 Å². The Labute approximate surface area is 225 Å². The molecule has 2 heterocycles. The van der Waals surface area contributed by atoms with Crippen molar-refractivity contribution < 1.29 is 22.0 Å². The van der Waals surface area contributed by atoms with Gasteiger partial charge >= 0.3 is 0 Å². The third-order valence-electron chi connectivity index (χ3n) is 5.96. The van der Waals surface area contributed by atoms with E-state index in [0.717, 1.165) is 16.5 Å². The summed E-state index contributed by atoms with van der Waals surface area (Å²) in [6, 6.07) is 23.6. The van der Waals surface area contributed by atoms with Crippen molar-refractivity contribution in [3.8, 4) is 17.1 Å². The number of furan rings is 1. The summed E-state index contributed by atoms with van der Waals surface area (Å²) in [5.74, 6) is 1.60. The maximum Gasteiger partial charge on any atom is 0.167 e. The van der Waals surface area contributed by atoms with Crippen LogP contribution in [-0.4, -0.2) is 36.9 Å². The highest BCUT2D eigenvalue weighted by atomic mass is 32.2. The van der Waals surface area contributed by atoms with Crippen LogP contribution in [0.2, 0.25) is 0 Å². The summed E-state index contributed by atoms with van der Waals surface area (Å²) in [7, 11) is -3.02. The minimum atomic E-state index is -3.02. The summed E-state index contributed by atoms with van der Waals surface area (Å²) in [6.07, 6.45) is 2.66. The number of aromatic nitrogens is 2. The lowest BCUT2D eigenvalue weighted by Gasteiger charge is -2.12. The minimum Gasteiger partial charge on any atom is -0.486 e. The van der Waals surface area contributed by atoms with Crippen molar-refractivity contribution in [2.24, 2.45) is 0 Å². The van der Waals surface area contributed by atoms with E-state index < -0.39 is 15.7 Å². The Hall–Kier alpha value is -4.28. The van der Waals surface area contributed by atoms with Gasteiger partial charge in [-0.15, -0.1) is 0 Å². The van der Waals surface area contributed by atoms with Crippen LogP contribution in [0.25, 0.3) is 22.2 Å². The maximum atomic E-state index is 14.8. The van der Waals surface area contributed by atoms with Crippen molar-refractivity contribution >= 4 is 32.2 Å². The molecular weight excluding hydrogens is 519 g/mol. The zero-order valence-corrected chi connectivity index (χ0v) is 22.0. The molecule has 5 aromatic rings. The van der Waals surface area contributed by atoms with E-state index in [1.807, 2.05) is 60.7 Å². The van der Waals surface area contributed by atoms with Crippen LogP contribution in [-0.2, 0) is 23.0 Å². The molecule has 0 amide bonds. The Morgan fingerprint density at radius 2 is 1.82 bits per heavy atom. The molecule has 0 saturated carbocycles. The first-order valence-electron chi connectivity index (χ1n) is 12.3. The molecule has 0 aliphatic rings. The first kappa shape index (κ1) is 26.3. The molecule has 0 spiro atoms. The number of anilines is 2. The molecule has 0 bridgehead atoms. The second kappa shape index (κ2) is 11.6. The number of rotatable bonds is 11. The first-order valence-corrected chi connectivity index (χ1v) is 14.4. The first-order chi connectivity index (χ1) is 18.8. The molecule has 0 fully saturated rings. The smallest absolute Gasteiger partial charge is 0.167 e. The third-order valence-corrected chi connectivity index (χ3v) is 6.91. The van der Waals surface area contributed by atoms with E-state index >= 15 is 0 Å². The molecule has 5 rings (SSSR count). The number of ether oxygens (including phenoxy) is 1. The fourth-order valence-corrected chi connectivity index (χ4v) is 4.49. The van der Waals surface area contributed by atoms with Crippen molar-refractivity contribution in [2.75, 3.05) is 23.9 Å². The molecule has 39 heavy (non-hydrogen) atoms. The van der Waals surface area contributed by atoms with Crippen LogP contribution in [0.1, 0.15) is 11.3 Å². The van der Waals surface area contributed by atoms with Gasteiger partial charge in [0.2, 0.25) is 0 Å². The molecule has 2 aromatic heterocycles. The van der Waals surface area contributed by atoms with Crippen molar-refractivity contribution in [1.82, 2.24) is 15.3 Å². The maximum absolute atomic E-state index is 14.8. The van der Waals surface area contributed by atoms with E-state index in [9.17, 15) is 12.8 Å². The number of halogens is 1. The zero-order chi connectivity index (χ0) is 27.2. The number of sulfone groups is 1. The fraction of sp³-hybridized carbons (Fsp3) is 0.172. The fourth-order valence-electron chi connectivity index (χ4n) is 3.97. The monoisotopic (exact) mass is 546 g/mol. The minimum absolute atomic E-state index is 0.0638. The van der Waals surface area contributed by atoms with Gasteiger partial charge < -0.3 is 19.8 Å². The van der Waals surface area contributed by atoms with Gasteiger partial charge in [-0.05, 0) is 48.0 Å². The number of hydrogen-bond donors (Lipinski definition) is 2. The Balaban J connectivity index is 1.30. The van der Waals surface area contributed by atoms with Gasteiger partial charge in [-0.2, -0.15) is 0 Å². The second-order valence-electron chi connectivity index (χ2n) is 9.07. The van der Waals surface area contributed by atoms with Crippen LogP contribution in [0.15, 0.2) is 89.6 Å². The second-order valence-corrected chi connectivity index (χ2v) is 11.3. The van der Waals surface area contributed by atoms with Crippen LogP contribution in [0, 0.1) is 5.82 Å².